The number of nitrogens with one attached hydrogen (secondary N) is 2. The molecule has 0 aromatic carbocycles. The summed E-state index contributed by atoms with van der Waals surface area (Å²) in [5.41, 5.74) is 4.78. The number of esters is 2. The van der Waals surface area contributed by atoms with Gasteiger partial charge in [-0.15, -0.1) is 0 Å². The molecule has 0 fully saturated rings. The molecule has 0 spiro atoms. The summed E-state index contributed by atoms with van der Waals surface area (Å²) >= 11 is 0. The predicted octanol–water partition coefficient (Wildman–Crippen LogP) is 4.80. The van der Waals surface area contributed by atoms with E-state index in [1.165, 1.54) is 11.1 Å². The molecule has 0 saturated carbocycles. The molecule has 0 radical (unpaired) electrons. The van der Waals surface area contributed by atoms with E-state index >= 15 is 0 Å². The fraction of sp³-hybridized carbons (Fsp3) is 0.467. The smallest absolute Gasteiger partial charge is 0.331 e. The molecule has 8 nitrogen and oxygen atoms in total. The Morgan fingerprint density at radius 1 is 0.553 bits per heavy atom. The highest BCUT2D eigenvalue weighted by Crippen LogP contribution is 2.07. The lowest BCUT2D eigenvalue weighted by molar-refractivity contribution is -0.137. The molecule has 0 atom stereocenters. The van der Waals surface area contributed by atoms with Crippen LogP contribution in [0.5, 0.6) is 0 Å². The van der Waals surface area contributed by atoms with Crippen molar-refractivity contribution in [3.8, 4) is 0 Å². The van der Waals surface area contributed by atoms with Crippen molar-refractivity contribution in [2.45, 2.75) is 67.2 Å². The first kappa shape index (κ1) is 34.3. The minimum Gasteiger partial charge on any atom is -0.458 e. The summed E-state index contributed by atoms with van der Waals surface area (Å²) in [7, 11) is 0. The van der Waals surface area contributed by atoms with Crippen molar-refractivity contribution in [3.05, 3.63) is 70.9 Å². The van der Waals surface area contributed by atoms with Gasteiger partial charge in [-0.2, -0.15) is 0 Å². The highest BCUT2D eigenvalue weighted by atomic mass is 16.5. The fourth-order valence-corrected chi connectivity index (χ4v) is 2.79. The molecule has 0 heterocycles. The third-order valence-electron chi connectivity index (χ3n) is 4.96. The van der Waals surface area contributed by atoms with Gasteiger partial charge in [-0.1, -0.05) is 34.4 Å². The second-order valence-electron chi connectivity index (χ2n) is 9.25. The van der Waals surface area contributed by atoms with Gasteiger partial charge >= 0.3 is 11.9 Å². The first-order valence-corrected chi connectivity index (χ1v) is 12.8. The van der Waals surface area contributed by atoms with Crippen molar-refractivity contribution in [2.24, 2.45) is 0 Å². The van der Waals surface area contributed by atoms with Gasteiger partial charge in [0.1, 0.15) is 13.2 Å². The van der Waals surface area contributed by atoms with E-state index in [2.05, 4.69) is 22.8 Å². The van der Waals surface area contributed by atoms with Crippen molar-refractivity contribution < 1.29 is 28.7 Å². The van der Waals surface area contributed by atoms with Gasteiger partial charge < -0.3 is 20.1 Å². The number of hydrogen-bond acceptors (Lipinski definition) is 6. The van der Waals surface area contributed by atoms with E-state index in [9.17, 15) is 19.2 Å². The van der Waals surface area contributed by atoms with Crippen LogP contribution in [0.3, 0.4) is 0 Å². The number of carbonyl (C=O) groups is 4. The number of ether oxygens (including phenoxy) is 2. The van der Waals surface area contributed by atoms with Crippen molar-refractivity contribution in [1.82, 2.24) is 10.6 Å². The molecule has 0 aromatic heterocycles. The van der Waals surface area contributed by atoms with Gasteiger partial charge in [0, 0.05) is 37.4 Å². The topological polar surface area (TPSA) is 111 Å². The lowest BCUT2D eigenvalue weighted by atomic mass is 10.1. The molecular weight excluding hydrogens is 484 g/mol. The summed E-state index contributed by atoms with van der Waals surface area (Å²) in [6.07, 6.45) is 15.9. The molecule has 8 heteroatoms. The first-order chi connectivity index (χ1) is 18.0. The first-order valence-electron chi connectivity index (χ1n) is 12.8. The zero-order valence-corrected chi connectivity index (χ0v) is 23.7. The van der Waals surface area contributed by atoms with Crippen molar-refractivity contribution in [1.29, 1.82) is 0 Å². The molecule has 0 bridgehead atoms. The second kappa shape index (κ2) is 21.4. The van der Waals surface area contributed by atoms with Crippen LogP contribution in [0.2, 0.25) is 0 Å². The highest BCUT2D eigenvalue weighted by Gasteiger charge is 2.02. The zero-order chi connectivity index (χ0) is 28.8. The molecule has 2 N–H and O–H groups in total. The van der Waals surface area contributed by atoms with Crippen LogP contribution in [-0.4, -0.2) is 50.1 Å². The van der Waals surface area contributed by atoms with Gasteiger partial charge in [0.05, 0.1) is 0 Å². The largest absolute Gasteiger partial charge is 0.458 e. The van der Waals surface area contributed by atoms with E-state index in [1.54, 1.807) is 0 Å². The molecule has 0 unspecified atom stereocenters. The van der Waals surface area contributed by atoms with Crippen LogP contribution in [0.4, 0.5) is 0 Å². The lowest BCUT2D eigenvalue weighted by Gasteiger charge is -2.03. The quantitative estimate of drug-likeness (QED) is 0.121. The number of amides is 2. The number of rotatable bonds is 17. The maximum absolute atomic E-state index is 11.8. The average Bonchev–Trinajstić information content (AvgIpc) is 2.83. The summed E-state index contributed by atoms with van der Waals surface area (Å²) < 4.78 is 10.1. The van der Waals surface area contributed by atoms with E-state index in [1.807, 2.05) is 53.7 Å². The van der Waals surface area contributed by atoms with Crippen LogP contribution in [0.1, 0.15) is 67.2 Å². The Labute approximate surface area is 227 Å². The normalized spacial score (nSPS) is 11.7. The van der Waals surface area contributed by atoms with Crippen molar-refractivity contribution in [2.75, 3.05) is 26.3 Å². The van der Waals surface area contributed by atoms with Gasteiger partial charge in [-0.05, 0) is 79.4 Å². The molecule has 0 aliphatic rings. The van der Waals surface area contributed by atoms with Crippen LogP contribution in [-0.2, 0) is 28.7 Å². The Morgan fingerprint density at radius 3 is 1.26 bits per heavy atom. The van der Waals surface area contributed by atoms with Crippen LogP contribution >= 0.6 is 0 Å². The predicted molar refractivity (Wildman–Crippen MR) is 151 cm³/mol. The standard InChI is InChI=1S/C30H44N2O6/c1-23(2)9-7-11-25(5)17-21-37-29(35)15-13-27(33)31-19-20-32-28(34)14-16-30(36)38-22-18-26(6)12-8-10-24(3)4/h9-10,13-18H,7-8,11-12,19-22H2,1-6H3,(H,31,33)(H,32,34)/b15-13-,16-14-,25-17+,26-18+. The number of allylic oxidation sites excluding steroid dienone is 6. The van der Waals surface area contributed by atoms with Crippen LogP contribution in [0.15, 0.2) is 70.9 Å². The van der Waals surface area contributed by atoms with E-state index in [4.69, 9.17) is 9.47 Å². The van der Waals surface area contributed by atoms with Crippen molar-refractivity contribution in [3.63, 3.8) is 0 Å². The van der Waals surface area contributed by atoms with E-state index in [-0.39, 0.29) is 26.3 Å². The third-order valence-corrected chi connectivity index (χ3v) is 4.96. The lowest BCUT2D eigenvalue weighted by Crippen LogP contribution is -2.33. The molecule has 0 aliphatic heterocycles. The third kappa shape index (κ3) is 22.8. The van der Waals surface area contributed by atoms with E-state index in [0.717, 1.165) is 61.1 Å². The Hall–Kier alpha value is -3.68. The van der Waals surface area contributed by atoms with E-state index < -0.39 is 23.8 Å². The minimum absolute atomic E-state index is 0.144. The fourth-order valence-electron chi connectivity index (χ4n) is 2.79. The van der Waals surface area contributed by atoms with Crippen LogP contribution < -0.4 is 10.6 Å². The molecule has 0 saturated heterocycles. The maximum Gasteiger partial charge on any atom is 0.331 e. The summed E-state index contributed by atoms with van der Waals surface area (Å²) in [6.45, 7) is 12.7. The molecule has 2 amide bonds. The van der Waals surface area contributed by atoms with Gasteiger partial charge in [-0.25, -0.2) is 9.59 Å². The van der Waals surface area contributed by atoms with Gasteiger partial charge in [0.2, 0.25) is 11.8 Å². The number of hydrogen-bond donors (Lipinski definition) is 2. The Bertz CT molecular complexity index is 881. The average molecular weight is 529 g/mol. The summed E-state index contributed by atoms with van der Waals surface area (Å²) in [5, 5.41) is 5.06. The number of carbonyl (C=O) groups excluding carboxylic acids is 4. The monoisotopic (exact) mass is 528 g/mol. The summed E-state index contributed by atoms with van der Waals surface area (Å²) in [5.74, 6) is -2.22. The Kier molecular flexibility index (Phi) is 19.3. The van der Waals surface area contributed by atoms with Crippen LogP contribution in [0, 0.1) is 0 Å². The maximum atomic E-state index is 11.8. The Morgan fingerprint density at radius 2 is 0.921 bits per heavy atom. The molecule has 0 rings (SSSR count). The minimum atomic E-state index is -0.617. The van der Waals surface area contributed by atoms with Crippen molar-refractivity contribution >= 4 is 23.8 Å². The molecule has 210 valence electrons. The molecule has 0 aromatic rings. The van der Waals surface area contributed by atoms with Gasteiger partial charge in [0.15, 0.2) is 0 Å². The second-order valence-corrected chi connectivity index (χ2v) is 9.25. The molecule has 0 aliphatic carbocycles. The molecular formula is C30H44N2O6. The van der Waals surface area contributed by atoms with Gasteiger partial charge in [-0.3, -0.25) is 9.59 Å². The highest BCUT2D eigenvalue weighted by molar-refractivity contribution is 5.95. The zero-order valence-electron chi connectivity index (χ0n) is 23.7. The Balaban J connectivity index is 4.07. The van der Waals surface area contributed by atoms with Gasteiger partial charge in [0.25, 0.3) is 0 Å². The molecule has 38 heavy (non-hydrogen) atoms. The van der Waals surface area contributed by atoms with E-state index in [0.29, 0.717) is 0 Å². The summed E-state index contributed by atoms with van der Waals surface area (Å²) in [6, 6.07) is 0. The SMILES string of the molecule is CC(C)=CCC/C(C)=C/COC(=O)/C=C\C(=O)NCCNC(=O)/C=C\C(=O)OC/C=C(\C)CCC=C(C)C. The van der Waals surface area contributed by atoms with Crippen LogP contribution in [0.25, 0.3) is 0 Å². The summed E-state index contributed by atoms with van der Waals surface area (Å²) in [4.78, 5) is 47.0.